The number of nitrogens with zero attached hydrogens (tertiary/aromatic N) is 1. The van der Waals surface area contributed by atoms with Crippen molar-refractivity contribution in [2.75, 3.05) is 27.4 Å². The van der Waals surface area contributed by atoms with Gasteiger partial charge in [-0.25, -0.2) is 5.48 Å². The van der Waals surface area contributed by atoms with Gasteiger partial charge in [-0.2, -0.15) is 0 Å². The lowest BCUT2D eigenvalue weighted by Crippen LogP contribution is -2.66. The second-order valence-electron chi connectivity index (χ2n) is 5.74. The van der Waals surface area contributed by atoms with E-state index in [9.17, 15) is 14.7 Å². The maximum Gasteiger partial charge on any atom is 0.258 e. The summed E-state index contributed by atoms with van der Waals surface area (Å²) in [6.07, 6.45) is 0. The number of alkyl halides is 3. The van der Waals surface area contributed by atoms with Crippen LogP contribution in [0, 0.1) is 5.92 Å². The molecular weight excluding hydrogens is 423 g/mol. The van der Waals surface area contributed by atoms with Crippen molar-refractivity contribution in [3.8, 4) is 11.5 Å². The van der Waals surface area contributed by atoms with Crippen LogP contribution < -0.4 is 15.0 Å². The first kappa shape index (κ1) is 21.8. The molecule has 150 valence electrons. The van der Waals surface area contributed by atoms with Crippen LogP contribution in [0.15, 0.2) is 18.2 Å². The first-order chi connectivity index (χ1) is 12.7. The number of likely N-dealkylation sites (tertiary alicyclic amines) is 1. The Balaban J connectivity index is 2.02. The highest BCUT2D eigenvalue weighted by molar-refractivity contribution is 6.67. The Hall–Kier alpha value is -1.45. The number of aliphatic hydroxyl groups excluding tert-OH is 1. The van der Waals surface area contributed by atoms with Gasteiger partial charge < -0.3 is 19.5 Å². The molecule has 1 aliphatic heterocycles. The molecule has 2 rings (SSSR count). The molecule has 11 heteroatoms. The standard InChI is InChI=1S/C16H19Cl3N2O6/c1-25-10-4-3-9(12(5-10)26-2)6-21-11(7-22)13(15(21)24)14(23)20-27-8-16(17,18)19/h3-5,11,13,22H,6-8H2,1-2H3,(H,20,23). The molecule has 1 saturated heterocycles. The van der Waals surface area contributed by atoms with E-state index in [1.165, 1.54) is 19.1 Å². The number of methoxy groups -OCH3 is 2. The third-order valence-electron chi connectivity index (χ3n) is 4.05. The van der Waals surface area contributed by atoms with Crippen molar-refractivity contribution in [2.24, 2.45) is 5.92 Å². The van der Waals surface area contributed by atoms with Gasteiger partial charge in [0.05, 0.1) is 26.9 Å². The van der Waals surface area contributed by atoms with E-state index in [4.69, 9.17) is 49.1 Å². The fraction of sp³-hybridized carbons (Fsp3) is 0.500. The van der Waals surface area contributed by atoms with Crippen molar-refractivity contribution < 1.29 is 29.0 Å². The molecule has 27 heavy (non-hydrogen) atoms. The van der Waals surface area contributed by atoms with Gasteiger partial charge in [-0.15, -0.1) is 0 Å². The minimum absolute atomic E-state index is 0.163. The Morgan fingerprint density at radius 3 is 2.56 bits per heavy atom. The Kier molecular flexibility index (Phi) is 7.41. The number of carbonyl (C=O) groups excluding carboxylic acids is 2. The number of aliphatic hydroxyl groups is 1. The van der Waals surface area contributed by atoms with Crippen molar-refractivity contribution in [3.05, 3.63) is 23.8 Å². The zero-order valence-electron chi connectivity index (χ0n) is 14.6. The number of hydroxylamine groups is 1. The molecule has 0 saturated carbocycles. The summed E-state index contributed by atoms with van der Waals surface area (Å²) < 4.78 is 8.73. The first-order valence-electron chi connectivity index (χ1n) is 7.82. The topological polar surface area (TPSA) is 97.3 Å². The van der Waals surface area contributed by atoms with Crippen LogP contribution in [0.1, 0.15) is 5.56 Å². The Bertz CT molecular complexity index is 697. The Labute approximate surface area is 171 Å². The number of benzene rings is 1. The normalized spacial score (nSPS) is 19.5. The fourth-order valence-corrected chi connectivity index (χ4v) is 2.87. The molecule has 0 bridgehead atoms. The SMILES string of the molecule is COc1ccc(CN2C(=O)C(C(=O)NOCC(Cl)(Cl)Cl)C2CO)c(OC)c1. The summed E-state index contributed by atoms with van der Waals surface area (Å²) in [5, 5.41) is 9.61. The third kappa shape index (κ3) is 5.30. The van der Waals surface area contributed by atoms with Crippen molar-refractivity contribution >= 4 is 46.6 Å². The zero-order chi connectivity index (χ0) is 20.2. The number of β-lactam (4-membered cyclic amide) rings is 1. The largest absolute Gasteiger partial charge is 0.497 e. The third-order valence-corrected chi connectivity index (χ3v) is 4.37. The molecule has 1 fully saturated rings. The van der Waals surface area contributed by atoms with Crippen LogP contribution in [0.2, 0.25) is 0 Å². The predicted molar refractivity (Wildman–Crippen MR) is 98.8 cm³/mol. The maximum absolute atomic E-state index is 12.4. The monoisotopic (exact) mass is 440 g/mol. The van der Waals surface area contributed by atoms with Gasteiger partial charge in [0.25, 0.3) is 5.91 Å². The van der Waals surface area contributed by atoms with Crippen LogP contribution in [0.25, 0.3) is 0 Å². The molecule has 2 N–H and O–H groups in total. The molecule has 0 spiro atoms. The number of nitrogens with one attached hydrogen (secondary N) is 1. The lowest BCUT2D eigenvalue weighted by atomic mass is 9.86. The summed E-state index contributed by atoms with van der Waals surface area (Å²) >= 11 is 16.5. The number of ether oxygens (including phenoxy) is 2. The molecule has 0 aliphatic carbocycles. The van der Waals surface area contributed by atoms with Crippen LogP contribution in [0.4, 0.5) is 0 Å². The van der Waals surface area contributed by atoms with Gasteiger partial charge in [0.1, 0.15) is 24.0 Å². The maximum atomic E-state index is 12.4. The average Bonchev–Trinajstić information content (AvgIpc) is 2.62. The molecule has 0 radical (unpaired) electrons. The second kappa shape index (κ2) is 9.16. The molecule has 0 aromatic heterocycles. The highest BCUT2D eigenvalue weighted by Gasteiger charge is 2.51. The molecule has 1 aliphatic rings. The van der Waals surface area contributed by atoms with Gasteiger partial charge >= 0.3 is 0 Å². The molecule has 1 heterocycles. The minimum Gasteiger partial charge on any atom is -0.497 e. The lowest BCUT2D eigenvalue weighted by molar-refractivity contribution is -0.170. The van der Waals surface area contributed by atoms with E-state index < -0.39 is 34.2 Å². The summed E-state index contributed by atoms with van der Waals surface area (Å²) in [5.74, 6) is -1.13. The smallest absolute Gasteiger partial charge is 0.258 e. The second-order valence-corrected chi connectivity index (χ2v) is 8.26. The van der Waals surface area contributed by atoms with Crippen LogP contribution in [-0.2, 0) is 21.0 Å². The zero-order valence-corrected chi connectivity index (χ0v) is 16.8. The van der Waals surface area contributed by atoms with E-state index in [0.29, 0.717) is 17.1 Å². The molecule has 1 aromatic rings. The van der Waals surface area contributed by atoms with Crippen LogP contribution in [0.5, 0.6) is 11.5 Å². The molecule has 2 unspecified atom stereocenters. The number of rotatable bonds is 8. The number of amides is 2. The highest BCUT2D eigenvalue weighted by atomic mass is 35.6. The Morgan fingerprint density at radius 2 is 2.00 bits per heavy atom. The van der Waals surface area contributed by atoms with Gasteiger partial charge in [0, 0.05) is 18.2 Å². The van der Waals surface area contributed by atoms with E-state index in [-0.39, 0.29) is 13.2 Å². The van der Waals surface area contributed by atoms with Crippen molar-refractivity contribution in [1.29, 1.82) is 0 Å². The number of hydrogen-bond acceptors (Lipinski definition) is 6. The van der Waals surface area contributed by atoms with Gasteiger partial charge in [-0.1, -0.05) is 34.8 Å². The van der Waals surface area contributed by atoms with E-state index in [0.717, 1.165) is 0 Å². The molecular formula is C16H19Cl3N2O6. The van der Waals surface area contributed by atoms with Gasteiger partial charge in [0.2, 0.25) is 9.70 Å². The van der Waals surface area contributed by atoms with Gasteiger partial charge in [-0.3, -0.25) is 14.4 Å². The number of halogens is 3. The fourth-order valence-electron chi connectivity index (χ4n) is 2.71. The minimum atomic E-state index is -1.70. The van der Waals surface area contributed by atoms with Gasteiger partial charge in [0.15, 0.2) is 0 Å². The van der Waals surface area contributed by atoms with Gasteiger partial charge in [-0.05, 0) is 12.1 Å². The molecule has 2 atom stereocenters. The molecule has 1 aromatic carbocycles. The predicted octanol–water partition coefficient (Wildman–Crippen LogP) is 1.44. The van der Waals surface area contributed by atoms with Crippen molar-refractivity contribution in [1.82, 2.24) is 10.4 Å². The number of hydrogen-bond donors (Lipinski definition) is 2. The van der Waals surface area contributed by atoms with Crippen molar-refractivity contribution in [2.45, 2.75) is 16.4 Å². The summed E-state index contributed by atoms with van der Waals surface area (Å²) in [5.41, 5.74) is 2.77. The first-order valence-corrected chi connectivity index (χ1v) is 8.95. The average molecular weight is 442 g/mol. The highest BCUT2D eigenvalue weighted by Crippen LogP contribution is 2.33. The van der Waals surface area contributed by atoms with Crippen molar-refractivity contribution in [3.63, 3.8) is 0 Å². The lowest BCUT2D eigenvalue weighted by Gasteiger charge is -2.45. The summed E-state index contributed by atoms with van der Waals surface area (Å²) in [6, 6.07) is 4.45. The summed E-state index contributed by atoms with van der Waals surface area (Å²) in [7, 11) is 3.03. The van der Waals surface area contributed by atoms with E-state index in [1.54, 1.807) is 18.2 Å². The van der Waals surface area contributed by atoms with E-state index >= 15 is 0 Å². The van der Waals surface area contributed by atoms with Crippen LogP contribution in [-0.4, -0.2) is 59.1 Å². The number of carbonyl (C=O) groups is 2. The van der Waals surface area contributed by atoms with E-state index in [2.05, 4.69) is 5.48 Å². The summed E-state index contributed by atoms with van der Waals surface area (Å²) in [6.45, 7) is -0.621. The molecule has 2 amide bonds. The summed E-state index contributed by atoms with van der Waals surface area (Å²) in [4.78, 5) is 30.7. The van der Waals surface area contributed by atoms with Crippen LogP contribution >= 0.6 is 34.8 Å². The van der Waals surface area contributed by atoms with Crippen LogP contribution in [0.3, 0.4) is 0 Å². The Morgan fingerprint density at radius 1 is 1.30 bits per heavy atom. The molecule has 8 nitrogen and oxygen atoms in total. The van der Waals surface area contributed by atoms with E-state index in [1.807, 2.05) is 0 Å². The quantitative estimate of drug-likeness (QED) is 0.274.